The number of anilines is 1. The van der Waals surface area contributed by atoms with Crippen LogP contribution in [-0.4, -0.2) is 17.4 Å². The highest BCUT2D eigenvalue weighted by Crippen LogP contribution is 2.17. The molecule has 0 fully saturated rings. The van der Waals surface area contributed by atoms with Gasteiger partial charge in [0.15, 0.2) is 0 Å². The van der Waals surface area contributed by atoms with Crippen molar-refractivity contribution in [2.75, 3.05) is 11.9 Å². The number of benzene rings is 1. The molecule has 0 spiro atoms. The Morgan fingerprint density at radius 2 is 2.32 bits per heavy atom. The fourth-order valence-electron chi connectivity index (χ4n) is 1.61. The fraction of sp³-hybridized carbons (Fsp3) is 0.231. The van der Waals surface area contributed by atoms with Crippen LogP contribution < -0.4 is 11.1 Å². The van der Waals surface area contributed by atoms with Crippen LogP contribution >= 0.6 is 11.3 Å². The zero-order valence-electron chi connectivity index (χ0n) is 10.4. The first-order chi connectivity index (χ1) is 9.10. The van der Waals surface area contributed by atoms with Crippen molar-refractivity contribution >= 4 is 22.9 Å². The highest BCUT2D eigenvalue weighted by molar-refractivity contribution is 7.09. The van der Waals surface area contributed by atoms with E-state index in [9.17, 15) is 9.18 Å². The number of carbonyl (C=O) groups is 1. The molecule has 1 aromatic heterocycles. The van der Waals surface area contributed by atoms with Crippen LogP contribution in [0.5, 0.6) is 0 Å². The molecule has 0 radical (unpaired) electrons. The summed E-state index contributed by atoms with van der Waals surface area (Å²) in [6.07, 6.45) is 0.660. The van der Waals surface area contributed by atoms with Gasteiger partial charge in [0, 0.05) is 17.5 Å². The Kier molecular flexibility index (Phi) is 4.24. The van der Waals surface area contributed by atoms with Crippen LogP contribution in [0.4, 0.5) is 10.1 Å². The molecule has 19 heavy (non-hydrogen) atoms. The minimum absolute atomic E-state index is 0.297. The second-order valence-corrected chi connectivity index (χ2v) is 5.02. The summed E-state index contributed by atoms with van der Waals surface area (Å²) in [5.74, 6) is -0.622. The number of nitrogens with zero attached hydrogens (tertiary/aromatic N) is 1. The van der Waals surface area contributed by atoms with Gasteiger partial charge < -0.3 is 11.1 Å². The molecular weight excluding hydrogens is 265 g/mol. The van der Waals surface area contributed by atoms with E-state index in [1.54, 1.807) is 12.3 Å². The summed E-state index contributed by atoms with van der Waals surface area (Å²) in [6, 6.07) is 4.22. The molecule has 2 aromatic rings. The van der Waals surface area contributed by atoms with Crippen LogP contribution in [0.1, 0.15) is 21.1 Å². The smallest absolute Gasteiger partial charge is 0.275 e. The molecule has 100 valence electrons. The van der Waals surface area contributed by atoms with E-state index in [4.69, 9.17) is 5.73 Å². The number of thiazole rings is 1. The van der Waals surface area contributed by atoms with Crippen molar-refractivity contribution in [1.29, 1.82) is 0 Å². The van der Waals surface area contributed by atoms with Crippen molar-refractivity contribution < 1.29 is 9.18 Å². The highest BCUT2D eigenvalue weighted by Gasteiger charge is 2.12. The number of carbonyl (C=O) groups excluding carboxylic acids is 1. The Morgan fingerprint density at radius 3 is 3.00 bits per heavy atom. The van der Waals surface area contributed by atoms with Gasteiger partial charge in [0.1, 0.15) is 11.5 Å². The molecule has 1 amide bonds. The number of hydrogen-bond donors (Lipinski definition) is 2. The van der Waals surface area contributed by atoms with Crippen LogP contribution in [-0.2, 0) is 6.42 Å². The standard InChI is InChI=1S/C13H14FN3OS/c1-8-6-9(14)2-3-10(8)17-13(18)11-7-19-12(16-11)4-5-15/h2-3,6-7H,4-5,15H2,1H3,(H,17,18). The normalized spacial score (nSPS) is 10.5. The Morgan fingerprint density at radius 1 is 1.53 bits per heavy atom. The average Bonchev–Trinajstić information content (AvgIpc) is 2.82. The number of hydrogen-bond acceptors (Lipinski definition) is 4. The van der Waals surface area contributed by atoms with E-state index in [1.165, 1.54) is 29.5 Å². The predicted molar refractivity (Wildman–Crippen MR) is 74.0 cm³/mol. The molecule has 1 aromatic carbocycles. The van der Waals surface area contributed by atoms with E-state index >= 15 is 0 Å². The first-order valence-electron chi connectivity index (χ1n) is 5.82. The summed E-state index contributed by atoms with van der Waals surface area (Å²) in [4.78, 5) is 16.2. The Hall–Kier alpha value is -1.79. The van der Waals surface area contributed by atoms with Gasteiger partial charge in [-0.1, -0.05) is 0 Å². The van der Waals surface area contributed by atoms with Crippen molar-refractivity contribution in [3.8, 4) is 0 Å². The number of amides is 1. The van der Waals surface area contributed by atoms with Gasteiger partial charge in [-0.15, -0.1) is 11.3 Å². The van der Waals surface area contributed by atoms with Gasteiger partial charge >= 0.3 is 0 Å². The van der Waals surface area contributed by atoms with Crippen LogP contribution in [0.2, 0.25) is 0 Å². The van der Waals surface area contributed by atoms with Gasteiger partial charge in [-0.2, -0.15) is 0 Å². The molecule has 0 unspecified atom stereocenters. The molecule has 2 rings (SSSR count). The maximum atomic E-state index is 13.0. The number of aromatic nitrogens is 1. The van der Waals surface area contributed by atoms with E-state index in [2.05, 4.69) is 10.3 Å². The average molecular weight is 279 g/mol. The summed E-state index contributed by atoms with van der Waals surface area (Å²) in [5, 5.41) is 5.25. The van der Waals surface area contributed by atoms with E-state index in [0.29, 0.717) is 29.9 Å². The molecule has 0 bridgehead atoms. The number of rotatable bonds is 4. The molecule has 0 saturated carbocycles. The number of nitrogens with two attached hydrogens (primary N) is 1. The van der Waals surface area contributed by atoms with Crippen molar-refractivity contribution in [2.45, 2.75) is 13.3 Å². The quantitative estimate of drug-likeness (QED) is 0.902. The van der Waals surface area contributed by atoms with Crippen molar-refractivity contribution in [2.24, 2.45) is 5.73 Å². The lowest BCUT2D eigenvalue weighted by molar-refractivity contribution is 0.102. The largest absolute Gasteiger partial charge is 0.330 e. The molecule has 0 saturated heterocycles. The van der Waals surface area contributed by atoms with E-state index in [0.717, 1.165) is 5.01 Å². The molecule has 1 heterocycles. The summed E-state index contributed by atoms with van der Waals surface area (Å²) < 4.78 is 13.0. The number of nitrogens with one attached hydrogen (secondary N) is 1. The van der Waals surface area contributed by atoms with E-state index < -0.39 is 0 Å². The maximum Gasteiger partial charge on any atom is 0.275 e. The molecule has 0 atom stereocenters. The molecule has 0 aliphatic rings. The zero-order chi connectivity index (χ0) is 13.8. The first-order valence-corrected chi connectivity index (χ1v) is 6.70. The van der Waals surface area contributed by atoms with E-state index in [1.807, 2.05) is 0 Å². The van der Waals surface area contributed by atoms with Crippen molar-refractivity contribution in [3.05, 3.63) is 45.7 Å². The topological polar surface area (TPSA) is 68.0 Å². The highest BCUT2D eigenvalue weighted by atomic mass is 32.1. The maximum absolute atomic E-state index is 13.0. The van der Waals surface area contributed by atoms with Gasteiger partial charge in [-0.25, -0.2) is 9.37 Å². The van der Waals surface area contributed by atoms with Gasteiger partial charge in [0.25, 0.3) is 5.91 Å². The number of aryl methyl sites for hydroxylation is 1. The van der Waals surface area contributed by atoms with Gasteiger partial charge in [-0.3, -0.25) is 4.79 Å². The van der Waals surface area contributed by atoms with Gasteiger partial charge in [-0.05, 0) is 37.2 Å². The van der Waals surface area contributed by atoms with Crippen molar-refractivity contribution in [1.82, 2.24) is 4.98 Å². The molecular formula is C13H14FN3OS. The molecule has 0 aliphatic carbocycles. The fourth-order valence-corrected chi connectivity index (χ4v) is 2.40. The second-order valence-electron chi connectivity index (χ2n) is 4.08. The lowest BCUT2D eigenvalue weighted by atomic mass is 10.2. The summed E-state index contributed by atoms with van der Waals surface area (Å²) in [6.45, 7) is 2.24. The third kappa shape index (κ3) is 3.36. The van der Waals surface area contributed by atoms with Crippen molar-refractivity contribution in [3.63, 3.8) is 0 Å². The van der Waals surface area contributed by atoms with Gasteiger partial charge in [0.2, 0.25) is 0 Å². The molecule has 0 aliphatic heterocycles. The Bertz CT molecular complexity index is 597. The molecule has 4 nitrogen and oxygen atoms in total. The third-order valence-corrected chi connectivity index (χ3v) is 3.49. The molecule has 3 N–H and O–H groups in total. The van der Waals surface area contributed by atoms with Crippen LogP contribution in [0.15, 0.2) is 23.6 Å². The minimum Gasteiger partial charge on any atom is -0.330 e. The monoisotopic (exact) mass is 279 g/mol. The summed E-state index contributed by atoms with van der Waals surface area (Å²) in [5.41, 5.74) is 7.05. The summed E-state index contributed by atoms with van der Waals surface area (Å²) >= 11 is 1.41. The molecule has 6 heteroatoms. The predicted octanol–water partition coefficient (Wildman–Crippen LogP) is 2.34. The zero-order valence-corrected chi connectivity index (χ0v) is 11.3. The van der Waals surface area contributed by atoms with Crippen LogP contribution in [0.3, 0.4) is 0 Å². The second kappa shape index (κ2) is 5.90. The van der Waals surface area contributed by atoms with Gasteiger partial charge in [0.05, 0.1) is 5.01 Å². The lowest BCUT2D eigenvalue weighted by Gasteiger charge is -2.06. The lowest BCUT2D eigenvalue weighted by Crippen LogP contribution is -2.13. The van der Waals surface area contributed by atoms with E-state index in [-0.39, 0.29) is 11.7 Å². The minimum atomic E-state index is -0.325. The summed E-state index contributed by atoms with van der Waals surface area (Å²) in [7, 11) is 0. The SMILES string of the molecule is Cc1cc(F)ccc1NC(=O)c1csc(CCN)n1. The number of halogens is 1. The Labute approximate surface area is 114 Å². The van der Waals surface area contributed by atoms with Crippen LogP contribution in [0, 0.1) is 12.7 Å². The van der Waals surface area contributed by atoms with Crippen LogP contribution in [0.25, 0.3) is 0 Å². The third-order valence-electron chi connectivity index (χ3n) is 2.58. The first kappa shape index (κ1) is 13.6. The Balaban J connectivity index is 2.11.